The van der Waals surface area contributed by atoms with Crippen molar-refractivity contribution in [3.63, 3.8) is 0 Å². The molecule has 126 valence electrons. The Morgan fingerprint density at radius 3 is 2.74 bits per heavy atom. The van der Waals surface area contributed by atoms with E-state index in [2.05, 4.69) is 5.32 Å². The first-order valence-corrected chi connectivity index (χ1v) is 8.09. The molecule has 0 atom stereocenters. The standard InChI is InChI=1S/C16H22ClN3O3/c17-13-2-1-3-14(10-13)23-9-6-19-15(21)11-20-7-4-12(5-8-20)16(18)22/h1-3,10,12H,4-9,11H2,(H2,18,22)(H,19,21). The normalized spacial score (nSPS) is 16.0. The van der Waals surface area contributed by atoms with Crippen LogP contribution in [0.5, 0.6) is 5.75 Å². The minimum absolute atomic E-state index is 0.0442. The van der Waals surface area contributed by atoms with Gasteiger partial charge in [-0.15, -0.1) is 0 Å². The molecule has 0 saturated carbocycles. The Morgan fingerprint density at radius 2 is 2.09 bits per heavy atom. The van der Waals surface area contributed by atoms with Crippen molar-refractivity contribution in [2.75, 3.05) is 32.8 Å². The Morgan fingerprint density at radius 1 is 1.35 bits per heavy atom. The molecule has 1 aliphatic heterocycles. The second-order valence-electron chi connectivity index (χ2n) is 5.61. The summed E-state index contributed by atoms with van der Waals surface area (Å²) < 4.78 is 5.50. The maximum atomic E-state index is 11.9. The zero-order chi connectivity index (χ0) is 16.7. The van der Waals surface area contributed by atoms with E-state index >= 15 is 0 Å². The van der Waals surface area contributed by atoms with E-state index in [1.165, 1.54) is 0 Å². The first kappa shape index (κ1) is 17.6. The third-order valence-corrected chi connectivity index (χ3v) is 4.08. The van der Waals surface area contributed by atoms with Crippen LogP contribution in [0.25, 0.3) is 0 Å². The van der Waals surface area contributed by atoms with Crippen LogP contribution in [0.1, 0.15) is 12.8 Å². The predicted octanol–water partition coefficient (Wildman–Crippen LogP) is 1.03. The summed E-state index contributed by atoms with van der Waals surface area (Å²) in [6.07, 6.45) is 1.45. The maximum Gasteiger partial charge on any atom is 0.234 e. The van der Waals surface area contributed by atoms with Gasteiger partial charge in [0.15, 0.2) is 0 Å². The highest BCUT2D eigenvalue weighted by Crippen LogP contribution is 2.17. The van der Waals surface area contributed by atoms with Crippen LogP contribution in [-0.2, 0) is 9.59 Å². The van der Waals surface area contributed by atoms with Crippen molar-refractivity contribution in [1.29, 1.82) is 0 Å². The second kappa shape index (κ2) is 8.74. The molecule has 1 aromatic carbocycles. The molecule has 23 heavy (non-hydrogen) atoms. The fraction of sp³-hybridized carbons (Fsp3) is 0.500. The van der Waals surface area contributed by atoms with Crippen molar-refractivity contribution < 1.29 is 14.3 Å². The summed E-state index contributed by atoms with van der Waals surface area (Å²) in [6, 6.07) is 7.13. The van der Waals surface area contributed by atoms with Crippen molar-refractivity contribution in [3.05, 3.63) is 29.3 Å². The zero-order valence-corrected chi connectivity index (χ0v) is 13.7. The van der Waals surface area contributed by atoms with Crippen molar-refractivity contribution in [1.82, 2.24) is 10.2 Å². The first-order chi connectivity index (χ1) is 11.0. The van der Waals surface area contributed by atoms with Gasteiger partial charge in [-0.05, 0) is 44.1 Å². The summed E-state index contributed by atoms with van der Waals surface area (Å²) in [5.41, 5.74) is 5.29. The number of nitrogens with zero attached hydrogens (tertiary/aromatic N) is 1. The summed E-state index contributed by atoms with van der Waals surface area (Å²) in [5.74, 6) is 0.338. The number of nitrogens with two attached hydrogens (primary N) is 1. The van der Waals surface area contributed by atoms with E-state index in [4.69, 9.17) is 22.1 Å². The summed E-state index contributed by atoms with van der Waals surface area (Å²) >= 11 is 5.86. The topological polar surface area (TPSA) is 84.7 Å². The maximum absolute atomic E-state index is 11.9. The molecule has 1 fully saturated rings. The molecule has 0 bridgehead atoms. The molecular weight excluding hydrogens is 318 g/mol. The molecule has 1 heterocycles. The lowest BCUT2D eigenvalue weighted by Gasteiger charge is -2.29. The van der Waals surface area contributed by atoms with Gasteiger partial charge in [0.25, 0.3) is 0 Å². The predicted molar refractivity (Wildman–Crippen MR) is 88.3 cm³/mol. The highest BCUT2D eigenvalue weighted by atomic mass is 35.5. The van der Waals surface area contributed by atoms with E-state index in [9.17, 15) is 9.59 Å². The highest BCUT2D eigenvalue weighted by molar-refractivity contribution is 6.30. The van der Waals surface area contributed by atoms with Gasteiger partial charge in [-0.2, -0.15) is 0 Å². The number of nitrogens with one attached hydrogen (secondary N) is 1. The molecular formula is C16H22ClN3O3. The van der Waals surface area contributed by atoms with Crippen molar-refractivity contribution in [2.45, 2.75) is 12.8 Å². The van der Waals surface area contributed by atoms with Gasteiger partial charge in [0.2, 0.25) is 11.8 Å². The van der Waals surface area contributed by atoms with Crippen LogP contribution in [0.4, 0.5) is 0 Å². The number of rotatable bonds is 7. The minimum atomic E-state index is -0.243. The van der Waals surface area contributed by atoms with Gasteiger partial charge in [0, 0.05) is 10.9 Å². The fourth-order valence-corrected chi connectivity index (χ4v) is 2.73. The van der Waals surface area contributed by atoms with Crippen molar-refractivity contribution in [2.24, 2.45) is 11.7 Å². The minimum Gasteiger partial charge on any atom is -0.492 e. The van der Waals surface area contributed by atoms with E-state index in [0.29, 0.717) is 30.5 Å². The quantitative estimate of drug-likeness (QED) is 0.727. The summed E-state index contributed by atoms with van der Waals surface area (Å²) in [4.78, 5) is 25.0. The number of primary amides is 1. The number of halogens is 1. The molecule has 2 rings (SSSR count). The molecule has 7 heteroatoms. The Labute approximate surface area is 140 Å². The van der Waals surface area contributed by atoms with Crippen molar-refractivity contribution >= 4 is 23.4 Å². The highest BCUT2D eigenvalue weighted by Gasteiger charge is 2.23. The molecule has 1 aromatic rings. The number of likely N-dealkylation sites (tertiary alicyclic amines) is 1. The van der Waals surface area contributed by atoms with Crippen molar-refractivity contribution in [3.8, 4) is 5.75 Å². The van der Waals surface area contributed by atoms with Crippen LogP contribution in [0.15, 0.2) is 24.3 Å². The molecule has 0 aliphatic carbocycles. The van der Waals surface area contributed by atoms with Gasteiger partial charge in [-0.25, -0.2) is 0 Å². The first-order valence-electron chi connectivity index (χ1n) is 7.71. The fourth-order valence-electron chi connectivity index (χ4n) is 2.55. The van der Waals surface area contributed by atoms with E-state index in [-0.39, 0.29) is 17.7 Å². The number of ether oxygens (including phenoxy) is 1. The van der Waals surface area contributed by atoms with E-state index < -0.39 is 0 Å². The number of hydrogen-bond donors (Lipinski definition) is 2. The van der Waals surface area contributed by atoms with Crippen LogP contribution in [0, 0.1) is 5.92 Å². The smallest absolute Gasteiger partial charge is 0.234 e. The lowest BCUT2D eigenvalue weighted by Crippen LogP contribution is -2.44. The summed E-state index contributed by atoms with van der Waals surface area (Å²) in [6.45, 7) is 2.60. The van der Waals surface area contributed by atoms with Crippen LogP contribution in [0.3, 0.4) is 0 Å². The van der Waals surface area contributed by atoms with Gasteiger partial charge in [0.05, 0.1) is 13.1 Å². The zero-order valence-electron chi connectivity index (χ0n) is 13.0. The molecule has 0 radical (unpaired) electrons. The third kappa shape index (κ3) is 6.08. The van der Waals surface area contributed by atoms with Crippen LogP contribution >= 0.6 is 11.6 Å². The third-order valence-electron chi connectivity index (χ3n) is 3.85. The SMILES string of the molecule is NC(=O)C1CCN(CC(=O)NCCOc2cccc(Cl)c2)CC1. The van der Waals surface area contributed by atoms with E-state index in [0.717, 1.165) is 25.9 Å². The van der Waals surface area contributed by atoms with Gasteiger partial charge >= 0.3 is 0 Å². The van der Waals surface area contributed by atoms with Gasteiger partial charge in [-0.3, -0.25) is 14.5 Å². The molecule has 0 spiro atoms. The Bertz CT molecular complexity index is 545. The number of piperidine rings is 1. The molecule has 1 saturated heterocycles. The number of benzene rings is 1. The Kier molecular flexibility index (Phi) is 6.67. The van der Waals surface area contributed by atoms with Gasteiger partial charge in [0.1, 0.15) is 12.4 Å². The number of carbonyl (C=O) groups is 2. The summed E-state index contributed by atoms with van der Waals surface area (Å²) in [5, 5.41) is 3.44. The number of amides is 2. The van der Waals surface area contributed by atoms with E-state index in [1.807, 2.05) is 17.0 Å². The van der Waals surface area contributed by atoms with Gasteiger partial charge in [-0.1, -0.05) is 17.7 Å². The largest absolute Gasteiger partial charge is 0.492 e. The molecule has 0 aromatic heterocycles. The average molecular weight is 340 g/mol. The lowest BCUT2D eigenvalue weighted by atomic mass is 9.96. The molecule has 3 N–H and O–H groups in total. The monoisotopic (exact) mass is 339 g/mol. The average Bonchev–Trinajstić information content (AvgIpc) is 2.52. The molecule has 6 nitrogen and oxygen atoms in total. The van der Waals surface area contributed by atoms with Crippen LogP contribution < -0.4 is 15.8 Å². The number of carbonyl (C=O) groups excluding carboxylic acids is 2. The van der Waals surface area contributed by atoms with Crippen LogP contribution in [0.2, 0.25) is 5.02 Å². The number of hydrogen-bond acceptors (Lipinski definition) is 4. The van der Waals surface area contributed by atoms with Gasteiger partial charge < -0.3 is 15.8 Å². The Hall–Kier alpha value is -1.79. The van der Waals surface area contributed by atoms with E-state index in [1.54, 1.807) is 12.1 Å². The summed E-state index contributed by atoms with van der Waals surface area (Å²) in [7, 11) is 0. The second-order valence-corrected chi connectivity index (χ2v) is 6.05. The van der Waals surface area contributed by atoms with Crippen LogP contribution in [-0.4, -0.2) is 49.5 Å². The Balaban J connectivity index is 1.59. The molecule has 0 unspecified atom stereocenters. The molecule has 1 aliphatic rings. The molecule has 2 amide bonds. The lowest BCUT2D eigenvalue weighted by molar-refractivity contribution is -0.124.